The minimum absolute atomic E-state index is 0.285. The van der Waals surface area contributed by atoms with Crippen molar-refractivity contribution in [3.05, 3.63) is 35.4 Å². The van der Waals surface area contributed by atoms with Crippen molar-refractivity contribution in [2.75, 3.05) is 7.11 Å². The summed E-state index contributed by atoms with van der Waals surface area (Å²) in [5, 5.41) is 9.96. The maximum absolute atomic E-state index is 12.9. The van der Waals surface area contributed by atoms with Crippen LogP contribution in [0, 0.1) is 5.92 Å². The molecule has 0 saturated carbocycles. The van der Waals surface area contributed by atoms with Gasteiger partial charge in [0.2, 0.25) is 0 Å². The van der Waals surface area contributed by atoms with Gasteiger partial charge in [-0.1, -0.05) is 38.1 Å². The van der Waals surface area contributed by atoms with Crippen LogP contribution in [0.3, 0.4) is 0 Å². The predicted molar refractivity (Wildman–Crippen MR) is 71.6 cm³/mol. The van der Waals surface area contributed by atoms with Crippen molar-refractivity contribution in [3.8, 4) is 0 Å². The molecule has 5 heteroatoms. The normalized spacial score (nSPS) is 15.8. The zero-order valence-corrected chi connectivity index (χ0v) is 11.8. The Kier molecular flexibility index (Phi) is 6.07. The fourth-order valence-electron chi connectivity index (χ4n) is 1.97. The lowest BCUT2D eigenvalue weighted by Gasteiger charge is -2.20. The van der Waals surface area contributed by atoms with Crippen molar-refractivity contribution in [1.82, 2.24) is 0 Å². The minimum atomic E-state index is -2.98. The highest BCUT2D eigenvalue weighted by Gasteiger charge is 2.37. The maximum Gasteiger partial charge on any atom is 0.317 e. The zero-order valence-electron chi connectivity index (χ0n) is 11.8. The topological polar surface area (TPSA) is 46.5 Å². The van der Waals surface area contributed by atoms with Gasteiger partial charge < -0.3 is 9.84 Å². The number of carbonyl (C=O) groups excluding carboxylic acids is 1. The molecule has 20 heavy (non-hydrogen) atoms. The molecule has 0 bridgehead atoms. The first-order valence-corrected chi connectivity index (χ1v) is 6.56. The molecule has 3 atom stereocenters. The Morgan fingerprint density at radius 3 is 2.15 bits per heavy atom. The van der Waals surface area contributed by atoms with Gasteiger partial charge in [0.05, 0.1) is 13.2 Å². The summed E-state index contributed by atoms with van der Waals surface area (Å²) in [6.07, 6.45) is -3.59. The summed E-state index contributed by atoms with van der Waals surface area (Å²) < 4.78 is 30.1. The Morgan fingerprint density at radius 2 is 1.75 bits per heavy atom. The summed E-state index contributed by atoms with van der Waals surface area (Å²) in [5.41, 5.74) is 1.35. The van der Waals surface area contributed by atoms with Gasteiger partial charge in [0.25, 0.3) is 6.43 Å². The molecule has 0 spiro atoms. The van der Waals surface area contributed by atoms with E-state index in [0.717, 1.165) is 19.1 Å². The molecular weight excluding hydrogens is 266 g/mol. The third-order valence-electron chi connectivity index (χ3n) is 3.54. The smallest absolute Gasteiger partial charge is 0.317 e. The van der Waals surface area contributed by atoms with Gasteiger partial charge in [0.1, 0.15) is 5.92 Å². The van der Waals surface area contributed by atoms with Gasteiger partial charge in [0, 0.05) is 0 Å². The summed E-state index contributed by atoms with van der Waals surface area (Å²) in [4.78, 5) is 11.3. The Hall–Kier alpha value is -1.49. The quantitative estimate of drug-likeness (QED) is 0.816. The van der Waals surface area contributed by atoms with E-state index >= 15 is 0 Å². The van der Waals surface area contributed by atoms with Crippen molar-refractivity contribution in [2.45, 2.75) is 38.7 Å². The Morgan fingerprint density at radius 1 is 1.25 bits per heavy atom. The molecule has 3 unspecified atom stereocenters. The van der Waals surface area contributed by atoms with E-state index in [4.69, 9.17) is 0 Å². The summed E-state index contributed by atoms with van der Waals surface area (Å²) >= 11 is 0. The SMILES string of the molecule is CCC(C)c1ccc(C(O)C(C(=O)OC)C(F)F)cc1. The van der Waals surface area contributed by atoms with E-state index in [1.54, 1.807) is 24.3 Å². The van der Waals surface area contributed by atoms with Gasteiger partial charge in [-0.05, 0) is 23.5 Å². The number of alkyl halides is 2. The molecule has 0 saturated heterocycles. The maximum atomic E-state index is 12.9. The van der Waals surface area contributed by atoms with Gasteiger partial charge in [-0.15, -0.1) is 0 Å². The number of carbonyl (C=O) groups is 1. The molecule has 1 aromatic carbocycles. The number of methoxy groups -OCH3 is 1. The van der Waals surface area contributed by atoms with Crippen LogP contribution in [-0.4, -0.2) is 24.6 Å². The number of aliphatic hydroxyl groups is 1. The van der Waals surface area contributed by atoms with E-state index in [1.165, 1.54) is 0 Å². The van der Waals surface area contributed by atoms with Crippen molar-refractivity contribution in [3.63, 3.8) is 0 Å². The average Bonchev–Trinajstić information content (AvgIpc) is 2.46. The third-order valence-corrected chi connectivity index (χ3v) is 3.54. The van der Waals surface area contributed by atoms with Gasteiger partial charge in [0.15, 0.2) is 0 Å². The van der Waals surface area contributed by atoms with Crippen LogP contribution < -0.4 is 0 Å². The number of hydrogen-bond acceptors (Lipinski definition) is 3. The summed E-state index contributed by atoms with van der Waals surface area (Å²) in [6, 6.07) is 6.72. The van der Waals surface area contributed by atoms with Crippen LogP contribution in [0.2, 0.25) is 0 Å². The number of benzene rings is 1. The average molecular weight is 286 g/mol. The molecule has 0 aliphatic carbocycles. The molecule has 0 aromatic heterocycles. The lowest BCUT2D eigenvalue weighted by molar-refractivity contribution is -0.157. The number of halogens is 2. The fourth-order valence-corrected chi connectivity index (χ4v) is 1.97. The summed E-state index contributed by atoms with van der Waals surface area (Å²) in [7, 11) is 1.02. The Bertz CT molecular complexity index is 431. The van der Waals surface area contributed by atoms with E-state index in [2.05, 4.69) is 18.6 Å². The molecule has 1 aromatic rings. The molecule has 0 aliphatic rings. The first kappa shape index (κ1) is 16.6. The number of esters is 1. The van der Waals surface area contributed by atoms with Crippen LogP contribution >= 0.6 is 0 Å². The van der Waals surface area contributed by atoms with Crippen LogP contribution in [0.1, 0.15) is 43.4 Å². The third kappa shape index (κ3) is 3.76. The molecule has 0 amide bonds. The number of aliphatic hydroxyl groups excluding tert-OH is 1. The molecule has 0 radical (unpaired) electrons. The number of ether oxygens (including phenoxy) is 1. The predicted octanol–water partition coefficient (Wildman–Crippen LogP) is 3.29. The largest absolute Gasteiger partial charge is 0.469 e. The highest BCUT2D eigenvalue weighted by atomic mass is 19.3. The molecule has 1 rings (SSSR count). The minimum Gasteiger partial charge on any atom is -0.469 e. The number of hydrogen-bond donors (Lipinski definition) is 1. The molecular formula is C15H20F2O3. The second-order valence-corrected chi connectivity index (χ2v) is 4.80. The zero-order chi connectivity index (χ0) is 15.3. The Labute approximate surface area is 117 Å². The first-order chi connectivity index (χ1) is 9.42. The highest BCUT2D eigenvalue weighted by Crippen LogP contribution is 2.29. The van der Waals surface area contributed by atoms with Crippen LogP contribution in [0.15, 0.2) is 24.3 Å². The summed E-state index contributed by atoms with van der Waals surface area (Å²) in [6.45, 7) is 4.11. The van der Waals surface area contributed by atoms with Gasteiger partial charge in [-0.2, -0.15) is 0 Å². The van der Waals surface area contributed by atoms with Crippen molar-refractivity contribution in [1.29, 1.82) is 0 Å². The molecule has 3 nitrogen and oxygen atoms in total. The molecule has 0 heterocycles. The van der Waals surface area contributed by atoms with Gasteiger partial charge in [-0.25, -0.2) is 8.78 Å². The van der Waals surface area contributed by atoms with Crippen LogP contribution in [0.4, 0.5) is 8.78 Å². The van der Waals surface area contributed by atoms with Crippen LogP contribution in [-0.2, 0) is 9.53 Å². The molecule has 0 aliphatic heterocycles. The monoisotopic (exact) mass is 286 g/mol. The van der Waals surface area contributed by atoms with Crippen molar-refractivity contribution >= 4 is 5.97 Å². The van der Waals surface area contributed by atoms with Gasteiger partial charge >= 0.3 is 5.97 Å². The van der Waals surface area contributed by atoms with Crippen molar-refractivity contribution in [2.24, 2.45) is 5.92 Å². The van der Waals surface area contributed by atoms with E-state index < -0.39 is 24.4 Å². The summed E-state index contributed by atoms with van der Waals surface area (Å²) in [5.74, 6) is -2.62. The van der Waals surface area contributed by atoms with E-state index in [-0.39, 0.29) is 5.56 Å². The van der Waals surface area contributed by atoms with Crippen LogP contribution in [0.5, 0.6) is 0 Å². The molecule has 112 valence electrons. The van der Waals surface area contributed by atoms with E-state index in [0.29, 0.717) is 5.92 Å². The molecule has 0 fully saturated rings. The second kappa shape index (κ2) is 7.33. The van der Waals surface area contributed by atoms with Crippen molar-refractivity contribution < 1.29 is 23.4 Å². The second-order valence-electron chi connectivity index (χ2n) is 4.80. The molecule has 1 N–H and O–H groups in total. The number of rotatable bonds is 6. The fraction of sp³-hybridized carbons (Fsp3) is 0.533. The standard InChI is InChI=1S/C15H20F2O3/c1-4-9(2)10-5-7-11(8-6-10)13(18)12(14(16)17)15(19)20-3/h5-9,12-14,18H,4H2,1-3H3. The van der Waals surface area contributed by atoms with Crippen LogP contribution in [0.25, 0.3) is 0 Å². The lowest BCUT2D eigenvalue weighted by Crippen LogP contribution is -2.30. The highest BCUT2D eigenvalue weighted by molar-refractivity contribution is 5.73. The lowest BCUT2D eigenvalue weighted by atomic mass is 9.92. The first-order valence-electron chi connectivity index (χ1n) is 6.56. The van der Waals surface area contributed by atoms with Gasteiger partial charge in [-0.3, -0.25) is 4.79 Å². The van der Waals surface area contributed by atoms with E-state index in [1.807, 2.05) is 0 Å². The van der Waals surface area contributed by atoms with E-state index in [9.17, 15) is 18.7 Å². The Balaban J connectivity index is 2.95.